The van der Waals surface area contributed by atoms with E-state index in [4.69, 9.17) is 20.7 Å². The summed E-state index contributed by atoms with van der Waals surface area (Å²) in [7, 11) is 1.73. The quantitative estimate of drug-likeness (QED) is 0.406. The molecule has 0 amide bonds. The molecule has 9 heteroatoms. The van der Waals surface area contributed by atoms with Gasteiger partial charge >= 0.3 is 6.01 Å². The van der Waals surface area contributed by atoms with Crippen LogP contribution in [0.25, 0.3) is 5.70 Å². The molecule has 2 heterocycles. The molecule has 9 nitrogen and oxygen atoms in total. The van der Waals surface area contributed by atoms with Crippen molar-refractivity contribution in [3.8, 4) is 5.75 Å². The number of hydrazine groups is 1. The number of aromatic nitrogens is 3. The largest absolute Gasteiger partial charge is 0.489 e. The molecule has 0 aromatic carbocycles. The van der Waals surface area contributed by atoms with Crippen LogP contribution in [-0.4, -0.2) is 39.9 Å². The first-order valence-electron chi connectivity index (χ1n) is 11.0. The maximum atomic E-state index is 6.43. The molecule has 0 bridgehead atoms. The molecule has 0 unspecified atom stereocenters. The van der Waals surface area contributed by atoms with E-state index < -0.39 is 0 Å². The molecule has 0 radical (unpaired) electrons. The molecule has 1 saturated carbocycles. The number of nitrogens with two attached hydrogens (primary N) is 2. The first kappa shape index (κ1) is 22.9. The summed E-state index contributed by atoms with van der Waals surface area (Å²) in [6.45, 7) is 6.46. The number of anilines is 1. The van der Waals surface area contributed by atoms with E-state index in [2.05, 4.69) is 34.3 Å². The van der Waals surface area contributed by atoms with Crippen LogP contribution >= 0.6 is 0 Å². The molecule has 1 aliphatic carbocycles. The Morgan fingerprint density at radius 3 is 2.65 bits per heavy atom. The maximum absolute atomic E-state index is 6.43. The molecular weight excluding hydrogens is 394 g/mol. The summed E-state index contributed by atoms with van der Waals surface area (Å²) in [5, 5.41) is 12.7. The lowest BCUT2D eigenvalue weighted by atomic mass is 9.98. The summed E-state index contributed by atoms with van der Waals surface area (Å²) in [4.78, 5) is 4.66. The Bertz CT molecular complexity index is 886. The van der Waals surface area contributed by atoms with E-state index >= 15 is 0 Å². The number of rotatable bonds is 9. The highest BCUT2D eigenvalue weighted by Crippen LogP contribution is 2.26. The number of nitrogens with zero attached hydrogens (tertiary/aromatic N) is 4. The monoisotopic (exact) mass is 429 g/mol. The van der Waals surface area contributed by atoms with Gasteiger partial charge in [0.2, 0.25) is 5.89 Å². The minimum absolute atomic E-state index is 0.276. The molecule has 0 aliphatic heterocycles. The number of aryl methyl sites for hydroxylation is 1. The molecule has 1 aliphatic rings. The Morgan fingerprint density at radius 1 is 1.26 bits per heavy atom. The summed E-state index contributed by atoms with van der Waals surface area (Å²) >= 11 is 0. The fourth-order valence-corrected chi connectivity index (χ4v) is 3.66. The lowest BCUT2D eigenvalue weighted by Crippen LogP contribution is -2.32. The van der Waals surface area contributed by atoms with Crippen molar-refractivity contribution in [3.05, 3.63) is 35.1 Å². The zero-order chi connectivity index (χ0) is 22.4. The number of hydrogen-bond donors (Lipinski definition) is 3. The van der Waals surface area contributed by atoms with Gasteiger partial charge in [0.15, 0.2) is 0 Å². The Morgan fingerprint density at radius 2 is 2.00 bits per heavy atom. The van der Waals surface area contributed by atoms with E-state index in [1.165, 1.54) is 24.3 Å². The van der Waals surface area contributed by atoms with E-state index in [1.54, 1.807) is 7.05 Å². The molecule has 3 rings (SSSR count). The van der Waals surface area contributed by atoms with E-state index in [9.17, 15) is 0 Å². The van der Waals surface area contributed by atoms with E-state index in [1.807, 2.05) is 19.1 Å². The van der Waals surface area contributed by atoms with Crippen LogP contribution in [0.15, 0.2) is 22.2 Å². The SMILES string of the molecule is Cc1nc(/C(N)=C(\CNc2nnc(CC(C)C)o2)N(C)N)ccc1OC1CCCCC1. The Hall–Kier alpha value is -2.81. The van der Waals surface area contributed by atoms with Gasteiger partial charge in [0.05, 0.1) is 35.4 Å². The molecule has 5 N–H and O–H groups in total. The topological polar surface area (TPSA) is 128 Å². The smallest absolute Gasteiger partial charge is 0.315 e. The molecule has 0 saturated heterocycles. The first-order valence-corrected chi connectivity index (χ1v) is 11.0. The normalized spacial score (nSPS) is 15.7. The van der Waals surface area contributed by atoms with Crippen molar-refractivity contribution in [2.75, 3.05) is 18.9 Å². The summed E-state index contributed by atoms with van der Waals surface area (Å²) in [5.74, 6) is 7.89. The lowest BCUT2D eigenvalue weighted by molar-refractivity contribution is 0.153. The van der Waals surface area contributed by atoms with Crippen LogP contribution in [0.4, 0.5) is 6.01 Å². The van der Waals surface area contributed by atoms with Crippen LogP contribution < -0.4 is 21.6 Å². The standard InChI is InChI=1S/C22H35N7O2/c1-14(2)12-20-27-28-22(31-20)25-13-18(29(4)24)21(23)17-10-11-19(15(3)26-17)30-16-8-6-5-7-9-16/h10-11,14,16H,5-9,12-13,23-24H2,1-4H3,(H,25,28)/b21-18-. The third kappa shape index (κ3) is 6.33. The molecule has 0 atom stereocenters. The number of nitrogens with one attached hydrogen (secondary N) is 1. The molecule has 2 aromatic heterocycles. The lowest BCUT2D eigenvalue weighted by Gasteiger charge is -2.24. The average Bonchev–Trinajstić information content (AvgIpc) is 3.16. The predicted octanol–water partition coefficient (Wildman–Crippen LogP) is 3.23. The van der Waals surface area contributed by atoms with Crippen molar-refractivity contribution in [1.82, 2.24) is 20.2 Å². The van der Waals surface area contributed by atoms with E-state index in [-0.39, 0.29) is 6.10 Å². The van der Waals surface area contributed by atoms with Crippen LogP contribution in [0.2, 0.25) is 0 Å². The van der Waals surface area contributed by atoms with E-state index in [0.29, 0.717) is 41.5 Å². The highest BCUT2D eigenvalue weighted by molar-refractivity contribution is 5.64. The Labute approximate surface area is 184 Å². The Kier molecular flexibility index (Phi) is 7.73. The van der Waals surface area contributed by atoms with Gasteiger partial charge in [0.1, 0.15) is 5.75 Å². The van der Waals surface area contributed by atoms with Gasteiger partial charge < -0.3 is 25.2 Å². The summed E-state index contributed by atoms with van der Waals surface area (Å²) in [5.41, 5.74) is 9.03. The predicted molar refractivity (Wildman–Crippen MR) is 121 cm³/mol. The average molecular weight is 430 g/mol. The summed E-state index contributed by atoms with van der Waals surface area (Å²) in [6, 6.07) is 4.15. The van der Waals surface area contributed by atoms with Gasteiger partial charge in [-0.05, 0) is 50.7 Å². The Balaban J connectivity index is 1.71. The van der Waals surface area contributed by atoms with Gasteiger partial charge in [-0.3, -0.25) is 0 Å². The second-order valence-electron chi connectivity index (χ2n) is 8.58. The molecular formula is C22H35N7O2. The number of hydrogen-bond acceptors (Lipinski definition) is 9. The van der Waals surface area contributed by atoms with Crippen molar-refractivity contribution < 1.29 is 9.15 Å². The number of likely N-dealkylation sites (N-methyl/N-ethyl adjacent to an activating group) is 1. The van der Waals surface area contributed by atoms with Gasteiger partial charge in [-0.1, -0.05) is 25.4 Å². The summed E-state index contributed by atoms with van der Waals surface area (Å²) < 4.78 is 11.8. The molecule has 0 spiro atoms. The fourth-order valence-electron chi connectivity index (χ4n) is 3.66. The highest BCUT2D eigenvalue weighted by atomic mass is 16.5. The van der Waals surface area contributed by atoms with Gasteiger partial charge in [0.25, 0.3) is 0 Å². The second-order valence-corrected chi connectivity index (χ2v) is 8.58. The van der Waals surface area contributed by atoms with Gasteiger partial charge in [-0.25, -0.2) is 10.8 Å². The molecule has 31 heavy (non-hydrogen) atoms. The van der Waals surface area contributed by atoms with E-state index in [0.717, 1.165) is 30.7 Å². The van der Waals surface area contributed by atoms with Crippen LogP contribution in [0.5, 0.6) is 5.75 Å². The third-order valence-corrected chi connectivity index (χ3v) is 5.35. The van der Waals surface area contributed by atoms with Gasteiger partial charge in [-0.15, -0.1) is 5.10 Å². The van der Waals surface area contributed by atoms with Crippen molar-refractivity contribution in [2.24, 2.45) is 17.5 Å². The number of pyridine rings is 1. The number of ether oxygens (including phenoxy) is 1. The van der Waals surface area contributed by atoms with Crippen molar-refractivity contribution in [1.29, 1.82) is 0 Å². The van der Waals surface area contributed by atoms with Gasteiger partial charge in [-0.2, -0.15) is 0 Å². The second kappa shape index (κ2) is 10.5. The van der Waals surface area contributed by atoms with Crippen LogP contribution in [0.1, 0.15) is 63.2 Å². The minimum Gasteiger partial charge on any atom is -0.489 e. The van der Waals surface area contributed by atoms with Gasteiger partial charge in [0, 0.05) is 13.5 Å². The van der Waals surface area contributed by atoms with Crippen molar-refractivity contribution in [3.63, 3.8) is 0 Å². The summed E-state index contributed by atoms with van der Waals surface area (Å²) in [6.07, 6.45) is 6.96. The molecule has 1 fully saturated rings. The highest BCUT2D eigenvalue weighted by Gasteiger charge is 2.18. The molecule has 2 aromatic rings. The maximum Gasteiger partial charge on any atom is 0.315 e. The van der Waals surface area contributed by atoms with Crippen molar-refractivity contribution in [2.45, 2.75) is 65.4 Å². The zero-order valence-corrected chi connectivity index (χ0v) is 19.0. The minimum atomic E-state index is 0.276. The van der Waals surface area contributed by atoms with Crippen molar-refractivity contribution >= 4 is 11.7 Å². The fraction of sp³-hybridized carbons (Fsp3) is 0.591. The third-order valence-electron chi connectivity index (χ3n) is 5.35. The zero-order valence-electron chi connectivity index (χ0n) is 19.0. The van der Waals surface area contributed by atoms with Crippen LogP contribution in [0, 0.1) is 12.8 Å². The van der Waals surface area contributed by atoms with Crippen LogP contribution in [0.3, 0.4) is 0 Å². The molecule has 170 valence electrons. The first-order chi connectivity index (χ1) is 14.8. The van der Waals surface area contributed by atoms with Crippen LogP contribution in [-0.2, 0) is 6.42 Å².